The number of aryl methyl sites for hydroxylation is 1. The highest BCUT2D eigenvalue weighted by Crippen LogP contribution is 2.24. The fourth-order valence-corrected chi connectivity index (χ4v) is 2.15. The molecule has 0 radical (unpaired) electrons. The first-order chi connectivity index (χ1) is 7.36. The average Bonchev–Trinajstić information content (AvgIpc) is 2.50. The molecule has 0 aliphatic rings. The van der Waals surface area contributed by atoms with Gasteiger partial charge in [-0.1, -0.05) is 20.8 Å². The van der Waals surface area contributed by atoms with Gasteiger partial charge < -0.3 is 10.2 Å². The van der Waals surface area contributed by atoms with Crippen LogP contribution in [0.1, 0.15) is 32.1 Å². The molecule has 2 N–H and O–H groups in total. The summed E-state index contributed by atoms with van der Waals surface area (Å²) in [5, 5.41) is 0. The first-order valence-corrected chi connectivity index (χ1v) is 5.79. The van der Waals surface area contributed by atoms with E-state index in [9.17, 15) is 0 Å². The number of hydrogen-bond donors (Lipinski definition) is 1. The summed E-state index contributed by atoms with van der Waals surface area (Å²) in [6.45, 7) is 10.2. The molecule has 3 heteroatoms. The number of nitrogens with zero attached hydrogens (tertiary/aromatic N) is 1. The summed E-state index contributed by atoms with van der Waals surface area (Å²) in [6, 6.07) is 2.41. The Morgan fingerprint density at radius 1 is 1.44 bits per heavy atom. The van der Waals surface area contributed by atoms with Crippen molar-refractivity contribution in [3.63, 3.8) is 0 Å². The molecule has 1 heterocycles. The third-order valence-electron chi connectivity index (χ3n) is 3.14. The SMILES string of the molecule is Cc1occc1CN(C)C(CN)C(C)(C)C. The molecule has 0 spiro atoms. The summed E-state index contributed by atoms with van der Waals surface area (Å²) in [6.07, 6.45) is 1.74. The quantitative estimate of drug-likeness (QED) is 0.854. The van der Waals surface area contributed by atoms with E-state index in [4.69, 9.17) is 10.2 Å². The molecule has 3 nitrogen and oxygen atoms in total. The fraction of sp³-hybridized carbons (Fsp3) is 0.692. The Labute approximate surface area is 98.6 Å². The highest BCUT2D eigenvalue weighted by Gasteiger charge is 2.27. The van der Waals surface area contributed by atoms with E-state index in [1.165, 1.54) is 5.56 Å². The van der Waals surface area contributed by atoms with Gasteiger partial charge in [0.2, 0.25) is 0 Å². The largest absolute Gasteiger partial charge is 0.469 e. The van der Waals surface area contributed by atoms with Gasteiger partial charge in [0.25, 0.3) is 0 Å². The smallest absolute Gasteiger partial charge is 0.105 e. The lowest BCUT2D eigenvalue weighted by Gasteiger charge is -2.37. The predicted molar refractivity (Wildman–Crippen MR) is 67.2 cm³/mol. The van der Waals surface area contributed by atoms with E-state index >= 15 is 0 Å². The molecule has 16 heavy (non-hydrogen) atoms. The van der Waals surface area contributed by atoms with Crippen molar-refractivity contribution >= 4 is 0 Å². The van der Waals surface area contributed by atoms with Gasteiger partial charge in [-0.05, 0) is 25.5 Å². The summed E-state index contributed by atoms with van der Waals surface area (Å²) >= 11 is 0. The van der Waals surface area contributed by atoms with E-state index in [0.717, 1.165) is 12.3 Å². The van der Waals surface area contributed by atoms with E-state index in [-0.39, 0.29) is 5.41 Å². The van der Waals surface area contributed by atoms with Crippen LogP contribution in [0.3, 0.4) is 0 Å². The maximum atomic E-state index is 5.86. The highest BCUT2D eigenvalue weighted by atomic mass is 16.3. The Morgan fingerprint density at radius 2 is 2.06 bits per heavy atom. The zero-order valence-electron chi connectivity index (χ0n) is 11.1. The van der Waals surface area contributed by atoms with Crippen LogP contribution in [-0.2, 0) is 6.54 Å². The summed E-state index contributed by atoms with van der Waals surface area (Å²) in [7, 11) is 2.12. The molecule has 1 rings (SSSR count). The van der Waals surface area contributed by atoms with Crippen molar-refractivity contribution in [3.05, 3.63) is 23.7 Å². The molecule has 0 bridgehead atoms. The van der Waals surface area contributed by atoms with Crippen molar-refractivity contribution < 1.29 is 4.42 Å². The lowest BCUT2D eigenvalue weighted by Crippen LogP contribution is -2.46. The first kappa shape index (κ1) is 13.3. The van der Waals surface area contributed by atoms with Gasteiger partial charge >= 0.3 is 0 Å². The summed E-state index contributed by atoms with van der Waals surface area (Å²) in [5.74, 6) is 0.997. The Balaban J connectivity index is 2.71. The molecule has 0 aliphatic heterocycles. The molecule has 1 aromatic heterocycles. The fourth-order valence-electron chi connectivity index (χ4n) is 2.15. The van der Waals surface area contributed by atoms with Crippen LogP contribution < -0.4 is 5.73 Å². The van der Waals surface area contributed by atoms with Gasteiger partial charge in [-0.3, -0.25) is 4.90 Å². The van der Waals surface area contributed by atoms with Gasteiger partial charge in [0.05, 0.1) is 6.26 Å². The number of rotatable bonds is 4. The second-order valence-electron chi connectivity index (χ2n) is 5.53. The van der Waals surface area contributed by atoms with E-state index < -0.39 is 0 Å². The van der Waals surface area contributed by atoms with Crippen LogP contribution in [-0.4, -0.2) is 24.5 Å². The topological polar surface area (TPSA) is 42.4 Å². The third-order valence-corrected chi connectivity index (χ3v) is 3.14. The van der Waals surface area contributed by atoms with Crippen LogP contribution in [0.5, 0.6) is 0 Å². The molecule has 92 valence electrons. The minimum atomic E-state index is 0.196. The molecule has 1 aromatic rings. The van der Waals surface area contributed by atoms with Gasteiger partial charge in [-0.25, -0.2) is 0 Å². The van der Waals surface area contributed by atoms with E-state index in [1.807, 2.05) is 13.0 Å². The molecular formula is C13H24N2O. The molecule has 0 saturated heterocycles. The van der Waals surface area contributed by atoms with Crippen molar-refractivity contribution in [1.82, 2.24) is 4.90 Å². The molecule has 0 aromatic carbocycles. The average molecular weight is 224 g/mol. The molecule has 0 saturated carbocycles. The highest BCUT2D eigenvalue weighted by molar-refractivity contribution is 5.15. The molecule has 1 atom stereocenters. The van der Waals surface area contributed by atoms with Crippen LogP contribution in [0.4, 0.5) is 0 Å². The number of furan rings is 1. The number of nitrogens with two attached hydrogens (primary N) is 1. The Kier molecular flexibility index (Phi) is 4.16. The van der Waals surface area contributed by atoms with Crippen molar-refractivity contribution in [2.75, 3.05) is 13.6 Å². The zero-order valence-corrected chi connectivity index (χ0v) is 11.1. The van der Waals surface area contributed by atoms with Crippen LogP contribution in [0.15, 0.2) is 16.7 Å². The maximum Gasteiger partial charge on any atom is 0.105 e. The Morgan fingerprint density at radius 3 is 2.44 bits per heavy atom. The Hall–Kier alpha value is -0.800. The summed E-state index contributed by atoms with van der Waals surface area (Å²) < 4.78 is 5.31. The van der Waals surface area contributed by atoms with Gasteiger partial charge in [-0.15, -0.1) is 0 Å². The maximum absolute atomic E-state index is 5.86. The number of hydrogen-bond acceptors (Lipinski definition) is 3. The third kappa shape index (κ3) is 3.09. The van der Waals surface area contributed by atoms with Crippen molar-refractivity contribution in [1.29, 1.82) is 0 Å². The van der Waals surface area contributed by atoms with E-state index in [2.05, 4.69) is 32.7 Å². The second-order valence-corrected chi connectivity index (χ2v) is 5.53. The van der Waals surface area contributed by atoms with E-state index in [1.54, 1.807) is 6.26 Å². The minimum absolute atomic E-state index is 0.196. The van der Waals surface area contributed by atoms with Gasteiger partial charge in [-0.2, -0.15) is 0 Å². The normalized spacial score (nSPS) is 14.4. The first-order valence-electron chi connectivity index (χ1n) is 5.79. The Bertz CT molecular complexity index is 325. The summed E-state index contributed by atoms with van der Waals surface area (Å²) in [5.41, 5.74) is 7.30. The molecule has 0 fully saturated rings. The summed E-state index contributed by atoms with van der Waals surface area (Å²) in [4.78, 5) is 2.30. The van der Waals surface area contributed by atoms with Crippen molar-refractivity contribution in [2.24, 2.45) is 11.1 Å². The van der Waals surface area contributed by atoms with Gasteiger partial charge in [0.1, 0.15) is 5.76 Å². The van der Waals surface area contributed by atoms with Crippen LogP contribution in [0.25, 0.3) is 0 Å². The lowest BCUT2D eigenvalue weighted by atomic mass is 9.85. The lowest BCUT2D eigenvalue weighted by molar-refractivity contribution is 0.125. The van der Waals surface area contributed by atoms with Crippen LogP contribution in [0, 0.1) is 12.3 Å². The number of likely N-dealkylation sites (N-methyl/N-ethyl adjacent to an activating group) is 1. The van der Waals surface area contributed by atoms with Crippen molar-refractivity contribution in [2.45, 2.75) is 40.3 Å². The molecule has 1 unspecified atom stereocenters. The van der Waals surface area contributed by atoms with E-state index in [0.29, 0.717) is 12.6 Å². The standard InChI is InChI=1S/C13H24N2O/c1-10-11(6-7-16-10)9-15(5)12(8-14)13(2,3)4/h6-7,12H,8-9,14H2,1-5H3. The second kappa shape index (κ2) is 5.02. The predicted octanol–water partition coefficient (Wildman–Crippen LogP) is 2.39. The van der Waals surface area contributed by atoms with Crippen molar-refractivity contribution in [3.8, 4) is 0 Å². The molecule has 0 amide bonds. The molecular weight excluding hydrogens is 200 g/mol. The van der Waals surface area contributed by atoms with Crippen LogP contribution in [0.2, 0.25) is 0 Å². The van der Waals surface area contributed by atoms with Crippen LogP contribution >= 0.6 is 0 Å². The van der Waals surface area contributed by atoms with Gasteiger partial charge in [0.15, 0.2) is 0 Å². The monoisotopic (exact) mass is 224 g/mol. The molecule has 0 aliphatic carbocycles. The zero-order chi connectivity index (χ0) is 12.3. The van der Waals surface area contributed by atoms with Gasteiger partial charge in [0, 0.05) is 24.7 Å². The minimum Gasteiger partial charge on any atom is -0.469 e.